The van der Waals surface area contributed by atoms with E-state index in [0.717, 1.165) is 75.2 Å². The molecule has 37 heavy (non-hydrogen) atoms. The number of hydrogen-bond donors (Lipinski definition) is 1. The summed E-state index contributed by atoms with van der Waals surface area (Å²) in [6.07, 6.45) is 10.4. The molecule has 196 valence electrons. The Morgan fingerprint density at radius 2 is 1.92 bits per heavy atom. The van der Waals surface area contributed by atoms with Crippen molar-refractivity contribution in [3.63, 3.8) is 0 Å². The number of rotatable bonds is 8. The molecule has 7 heteroatoms. The van der Waals surface area contributed by atoms with Gasteiger partial charge in [0.1, 0.15) is 17.7 Å². The van der Waals surface area contributed by atoms with Gasteiger partial charge in [0, 0.05) is 37.7 Å². The maximum absolute atomic E-state index is 14.2. The van der Waals surface area contributed by atoms with Crippen LogP contribution >= 0.6 is 0 Å². The van der Waals surface area contributed by atoms with E-state index in [-0.39, 0.29) is 17.7 Å². The molecule has 3 aromatic rings. The lowest BCUT2D eigenvalue weighted by Gasteiger charge is -2.34. The molecule has 3 aliphatic rings. The molecule has 0 radical (unpaired) electrons. The molecule has 1 aromatic carbocycles. The number of fused-ring (bicyclic) bond motifs is 1. The minimum Gasteiger partial charge on any atom is -0.480 e. The number of likely N-dealkylation sites (tertiary alicyclic amines) is 2. The second-order valence-corrected chi connectivity index (χ2v) is 11.4. The van der Waals surface area contributed by atoms with E-state index >= 15 is 0 Å². The van der Waals surface area contributed by atoms with Gasteiger partial charge in [0.25, 0.3) is 0 Å². The van der Waals surface area contributed by atoms with Gasteiger partial charge in [-0.1, -0.05) is 37.5 Å². The van der Waals surface area contributed by atoms with Crippen LogP contribution in [0.5, 0.6) is 0 Å². The normalized spacial score (nSPS) is 24.9. The van der Waals surface area contributed by atoms with Gasteiger partial charge in [-0.05, 0) is 74.0 Å². The molecule has 0 spiro atoms. The molecule has 1 aliphatic carbocycles. The average Bonchev–Trinajstić information content (AvgIpc) is 3.48. The van der Waals surface area contributed by atoms with E-state index in [0.29, 0.717) is 18.4 Å². The molecule has 2 aromatic heterocycles. The summed E-state index contributed by atoms with van der Waals surface area (Å²) in [5, 5.41) is 10.1. The van der Waals surface area contributed by atoms with Gasteiger partial charge >= 0.3 is 5.97 Å². The maximum atomic E-state index is 14.2. The van der Waals surface area contributed by atoms with E-state index in [1.165, 1.54) is 12.5 Å². The second-order valence-electron chi connectivity index (χ2n) is 11.4. The molecule has 2 saturated heterocycles. The Hall–Kier alpha value is -2.77. The first-order valence-corrected chi connectivity index (χ1v) is 13.9. The van der Waals surface area contributed by atoms with Gasteiger partial charge < -0.3 is 14.4 Å². The summed E-state index contributed by atoms with van der Waals surface area (Å²) in [5.74, 6) is 1.64. The Labute approximate surface area is 218 Å². The van der Waals surface area contributed by atoms with Crippen molar-refractivity contribution in [2.75, 3.05) is 32.7 Å². The van der Waals surface area contributed by atoms with E-state index in [9.17, 15) is 14.3 Å². The molecule has 1 saturated carbocycles. The van der Waals surface area contributed by atoms with Crippen LogP contribution in [-0.2, 0) is 4.79 Å². The minimum absolute atomic E-state index is 0.146. The highest BCUT2D eigenvalue weighted by Gasteiger charge is 2.41. The fourth-order valence-corrected chi connectivity index (χ4v) is 6.88. The maximum Gasteiger partial charge on any atom is 0.320 e. The molecule has 4 heterocycles. The lowest BCUT2D eigenvalue weighted by Crippen LogP contribution is -2.43. The Balaban J connectivity index is 1.15. The molecule has 6 rings (SSSR count). The lowest BCUT2D eigenvalue weighted by atomic mass is 9.80. The van der Waals surface area contributed by atoms with Gasteiger partial charge in [0.2, 0.25) is 0 Å². The molecular formula is C30H37FN4O2. The first kappa shape index (κ1) is 24.6. The summed E-state index contributed by atoms with van der Waals surface area (Å²) in [6.45, 7) is 4.37. The van der Waals surface area contributed by atoms with Crippen LogP contribution in [0.4, 0.5) is 4.39 Å². The molecule has 6 nitrogen and oxygen atoms in total. The number of hydrogen-bond acceptors (Lipinski definition) is 4. The van der Waals surface area contributed by atoms with Crippen LogP contribution in [0.3, 0.4) is 0 Å². The Morgan fingerprint density at radius 1 is 1.08 bits per heavy atom. The molecule has 0 bridgehead atoms. The largest absolute Gasteiger partial charge is 0.480 e. The third-order valence-electron chi connectivity index (χ3n) is 9.17. The number of carbonyl (C=O) groups is 1. The van der Waals surface area contributed by atoms with Gasteiger partial charge in [-0.15, -0.1) is 0 Å². The SMILES string of the molecule is O=C(O)[C@@H](CC1CCC1)N1C[C@H](CN2CCC(c3ncc4ccccn34)CC2)[C@@H](c2cccc(F)c2)C1. The van der Waals surface area contributed by atoms with Crippen LogP contribution in [0.2, 0.25) is 0 Å². The van der Waals surface area contributed by atoms with E-state index in [1.807, 2.05) is 18.3 Å². The Bertz CT molecular complexity index is 1230. The van der Waals surface area contributed by atoms with E-state index in [2.05, 4.69) is 32.5 Å². The highest BCUT2D eigenvalue weighted by atomic mass is 19.1. The quantitative estimate of drug-likeness (QED) is 0.467. The third kappa shape index (κ3) is 5.16. The van der Waals surface area contributed by atoms with Gasteiger partial charge in [-0.25, -0.2) is 9.37 Å². The van der Waals surface area contributed by atoms with E-state index in [4.69, 9.17) is 4.98 Å². The zero-order valence-electron chi connectivity index (χ0n) is 21.4. The first-order valence-electron chi connectivity index (χ1n) is 13.9. The minimum atomic E-state index is -0.710. The number of nitrogens with zero attached hydrogens (tertiary/aromatic N) is 4. The van der Waals surface area contributed by atoms with E-state index < -0.39 is 12.0 Å². The molecule has 3 fully saturated rings. The lowest BCUT2D eigenvalue weighted by molar-refractivity contribution is -0.144. The summed E-state index contributed by atoms with van der Waals surface area (Å²) in [4.78, 5) is 21.7. The van der Waals surface area contributed by atoms with Crippen LogP contribution in [0, 0.1) is 17.7 Å². The molecule has 0 unspecified atom stereocenters. The van der Waals surface area contributed by atoms with Crippen molar-refractivity contribution in [1.82, 2.24) is 19.2 Å². The highest BCUT2D eigenvalue weighted by Crippen LogP contribution is 2.39. The number of halogens is 1. The number of carboxylic acid groups (broad SMARTS) is 1. The fraction of sp³-hybridized carbons (Fsp3) is 0.533. The number of piperidine rings is 1. The number of benzene rings is 1. The molecular weight excluding hydrogens is 467 g/mol. The van der Waals surface area contributed by atoms with Crippen molar-refractivity contribution in [3.05, 3.63) is 72.1 Å². The van der Waals surface area contributed by atoms with Crippen molar-refractivity contribution >= 4 is 11.5 Å². The number of aromatic nitrogens is 2. The summed E-state index contributed by atoms with van der Waals surface area (Å²) < 4.78 is 16.4. The Kier molecular flexibility index (Phi) is 7.00. The first-order chi connectivity index (χ1) is 18.0. The zero-order valence-corrected chi connectivity index (χ0v) is 21.4. The predicted octanol–water partition coefficient (Wildman–Crippen LogP) is 5.01. The molecule has 0 amide bonds. The number of carboxylic acids is 1. The van der Waals surface area contributed by atoms with Gasteiger partial charge in [-0.2, -0.15) is 0 Å². The zero-order chi connectivity index (χ0) is 25.4. The highest BCUT2D eigenvalue weighted by molar-refractivity contribution is 5.73. The van der Waals surface area contributed by atoms with Gasteiger partial charge in [0.05, 0.1) is 11.7 Å². The molecule has 3 atom stereocenters. The predicted molar refractivity (Wildman–Crippen MR) is 141 cm³/mol. The smallest absolute Gasteiger partial charge is 0.320 e. The molecule has 1 N–H and O–H groups in total. The molecule has 2 aliphatic heterocycles. The van der Waals surface area contributed by atoms with Crippen molar-refractivity contribution in [3.8, 4) is 0 Å². The average molecular weight is 505 g/mol. The van der Waals surface area contributed by atoms with Crippen molar-refractivity contribution < 1.29 is 14.3 Å². The third-order valence-corrected chi connectivity index (χ3v) is 9.17. The standard InChI is InChI=1S/C30H37FN4O2/c31-25-8-4-7-23(16-25)27-20-34(28(30(36)37)15-21-5-3-6-21)19-24(27)18-33-13-10-22(11-14-33)29-32-17-26-9-1-2-12-35(26)29/h1-2,4,7-9,12,16-17,21-22,24,27-28H,3,5-6,10-11,13-15,18-20H2,(H,36,37)/t24-,27+,28+/m0/s1. The van der Waals surface area contributed by atoms with Gasteiger partial charge in [-0.3, -0.25) is 9.69 Å². The second kappa shape index (κ2) is 10.5. The van der Waals surface area contributed by atoms with Crippen molar-refractivity contribution in [2.24, 2.45) is 11.8 Å². The summed E-state index contributed by atoms with van der Waals surface area (Å²) in [5.41, 5.74) is 2.14. The van der Waals surface area contributed by atoms with E-state index in [1.54, 1.807) is 12.1 Å². The fourth-order valence-electron chi connectivity index (χ4n) is 6.88. The van der Waals surface area contributed by atoms with Gasteiger partial charge in [0.15, 0.2) is 0 Å². The summed E-state index contributed by atoms with van der Waals surface area (Å²) >= 11 is 0. The Morgan fingerprint density at radius 3 is 2.65 bits per heavy atom. The number of imidazole rings is 1. The van der Waals surface area contributed by atoms with Crippen LogP contribution < -0.4 is 0 Å². The topological polar surface area (TPSA) is 61.1 Å². The van der Waals surface area contributed by atoms with Crippen LogP contribution in [0.15, 0.2) is 54.9 Å². The van der Waals surface area contributed by atoms with Crippen molar-refractivity contribution in [1.29, 1.82) is 0 Å². The summed E-state index contributed by atoms with van der Waals surface area (Å²) in [6, 6.07) is 12.7. The van der Waals surface area contributed by atoms with Crippen LogP contribution in [0.25, 0.3) is 5.52 Å². The summed E-state index contributed by atoms with van der Waals surface area (Å²) in [7, 11) is 0. The monoisotopic (exact) mass is 504 g/mol. The van der Waals surface area contributed by atoms with Crippen molar-refractivity contribution in [2.45, 2.75) is 56.4 Å². The number of pyridine rings is 1. The number of aliphatic carboxylic acids is 1. The van der Waals surface area contributed by atoms with Crippen LogP contribution in [-0.4, -0.2) is 69.0 Å². The van der Waals surface area contributed by atoms with Crippen LogP contribution in [0.1, 0.15) is 61.7 Å².